The van der Waals surface area contributed by atoms with Crippen LogP contribution in [0.15, 0.2) is 45.8 Å². The molecule has 2 aromatic heterocycles. The first kappa shape index (κ1) is 17.2. The molecule has 0 unspecified atom stereocenters. The van der Waals surface area contributed by atoms with Gasteiger partial charge in [0.2, 0.25) is 10.0 Å². The van der Waals surface area contributed by atoms with Crippen molar-refractivity contribution in [3.63, 3.8) is 0 Å². The first-order chi connectivity index (χ1) is 11.3. The zero-order valence-corrected chi connectivity index (χ0v) is 15.4. The van der Waals surface area contributed by atoms with Gasteiger partial charge < -0.3 is 4.52 Å². The van der Waals surface area contributed by atoms with Gasteiger partial charge in [0.25, 0.3) is 0 Å². The van der Waals surface area contributed by atoms with Gasteiger partial charge in [-0.3, -0.25) is 0 Å². The van der Waals surface area contributed by atoms with Crippen molar-refractivity contribution in [3.8, 4) is 10.6 Å². The Balaban J connectivity index is 1.81. The number of hydrogen-bond acceptors (Lipinski definition) is 5. The summed E-state index contributed by atoms with van der Waals surface area (Å²) in [5.74, 6) is 0.569. The number of rotatable bonds is 5. The van der Waals surface area contributed by atoms with Crippen LogP contribution >= 0.6 is 22.9 Å². The van der Waals surface area contributed by atoms with E-state index in [9.17, 15) is 8.42 Å². The van der Waals surface area contributed by atoms with E-state index in [0.29, 0.717) is 15.7 Å². The van der Waals surface area contributed by atoms with E-state index < -0.39 is 10.0 Å². The summed E-state index contributed by atoms with van der Waals surface area (Å²) in [4.78, 5) is 1.69. The first-order valence-corrected chi connectivity index (χ1v) is 9.81. The summed E-state index contributed by atoms with van der Waals surface area (Å²) in [6, 6.07) is 10.4. The molecule has 5 nitrogen and oxygen atoms in total. The molecule has 1 N–H and O–H groups in total. The maximum Gasteiger partial charge on any atom is 0.241 e. The lowest BCUT2D eigenvalue weighted by molar-refractivity contribution is 0.428. The Morgan fingerprint density at radius 3 is 2.54 bits per heavy atom. The molecule has 0 saturated heterocycles. The van der Waals surface area contributed by atoms with Crippen LogP contribution in [0.1, 0.15) is 16.1 Å². The van der Waals surface area contributed by atoms with Crippen LogP contribution in [0.2, 0.25) is 5.02 Å². The van der Waals surface area contributed by atoms with Gasteiger partial charge in [0.1, 0.15) is 0 Å². The van der Waals surface area contributed by atoms with Crippen LogP contribution in [0.4, 0.5) is 0 Å². The van der Waals surface area contributed by atoms with E-state index in [0.717, 1.165) is 16.1 Å². The quantitative estimate of drug-likeness (QED) is 0.719. The van der Waals surface area contributed by atoms with Crippen LogP contribution in [0.25, 0.3) is 10.6 Å². The number of aryl methyl sites for hydroxylation is 2. The Kier molecular flexibility index (Phi) is 4.78. The van der Waals surface area contributed by atoms with E-state index in [1.54, 1.807) is 43.3 Å². The van der Waals surface area contributed by atoms with E-state index in [-0.39, 0.29) is 11.4 Å². The summed E-state index contributed by atoms with van der Waals surface area (Å²) < 4.78 is 32.9. The van der Waals surface area contributed by atoms with Crippen molar-refractivity contribution in [3.05, 3.63) is 57.6 Å². The molecule has 0 atom stereocenters. The molecular formula is C16H15ClN2O3S2. The van der Waals surface area contributed by atoms with Crippen molar-refractivity contribution in [2.24, 2.45) is 0 Å². The van der Waals surface area contributed by atoms with Gasteiger partial charge >= 0.3 is 0 Å². The summed E-state index contributed by atoms with van der Waals surface area (Å²) in [5, 5.41) is 4.45. The molecule has 0 amide bonds. The van der Waals surface area contributed by atoms with E-state index in [1.165, 1.54) is 11.3 Å². The minimum Gasteiger partial charge on any atom is -0.355 e. The standard InChI is InChI=1S/C16H15ClN2O3S2/c1-10-7-14(22-19-10)15-8-16(11(2)23-15)24(20,21)18-9-12-3-5-13(17)6-4-12/h3-8,18H,9H2,1-2H3. The Bertz CT molecular complexity index is 960. The summed E-state index contributed by atoms with van der Waals surface area (Å²) in [6.45, 7) is 3.79. The number of hydrogen-bond donors (Lipinski definition) is 1. The van der Waals surface area contributed by atoms with Crippen molar-refractivity contribution in [2.75, 3.05) is 0 Å². The number of aromatic nitrogens is 1. The second kappa shape index (κ2) is 6.68. The zero-order valence-electron chi connectivity index (χ0n) is 13.0. The molecule has 0 radical (unpaired) electrons. The molecule has 0 aliphatic carbocycles. The highest BCUT2D eigenvalue weighted by molar-refractivity contribution is 7.89. The summed E-state index contributed by atoms with van der Waals surface area (Å²) in [5.41, 5.74) is 1.59. The largest absolute Gasteiger partial charge is 0.355 e. The van der Waals surface area contributed by atoms with E-state index >= 15 is 0 Å². The van der Waals surface area contributed by atoms with Crippen LogP contribution in [0, 0.1) is 13.8 Å². The second-order valence-corrected chi connectivity index (χ2v) is 8.74. The fourth-order valence-corrected chi connectivity index (χ4v) is 4.87. The van der Waals surface area contributed by atoms with Gasteiger partial charge in [-0.25, -0.2) is 13.1 Å². The lowest BCUT2D eigenvalue weighted by Crippen LogP contribution is -2.23. The molecule has 0 bridgehead atoms. The van der Waals surface area contributed by atoms with Crippen LogP contribution in [0.3, 0.4) is 0 Å². The fraction of sp³-hybridized carbons (Fsp3) is 0.188. The number of sulfonamides is 1. The van der Waals surface area contributed by atoms with Crippen molar-refractivity contribution < 1.29 is 12.9 Å². The predicted molar refractivity (Wildman–Crippen MR) is 94.8 cm³/mol. The number of nitrogens with one attached hydrogen (secondary N) is 1. The van der Waals surface area contributed by atoms with Gasteiger partial charge in [-0.1, -0.05) is 28.9 Å². The summed E-state index contributed by atoms with van der Waals surface area (Å²) in [7, 11) is -3.61. The number of nitrogens with zero attached hydrogens (tertiary/aromatic N) is 1. The van der Waals surface area contributed by atoms with Crippen molar-refractivity contribution in [2.45, 2.75) is 25.3 Å². The van der Waals surface area contributed by atoms with E-state index in [2.05, 4.69) is 9.88 Å². The highest BCUT2D eigenvalue weighted by Crippen LogP contribution is 2.33. The average Bonchev–Trinajstić information content (AvgIpc) is 3.13. The molecule has 0 fully saturated rings. The molecule has 1 aromatic carbocycles. The van der Waals surface area contributed by atoms with Crippen LogP contribution in [0.5, 0.6) is 0 Å². The Labute approximate surface area is 149 Å². The molecule has 2 heterocycles. The van der Waals surface area contributed by atoms with Crippen LogP contribution < -0.4 is 4.72 Å². The molecule has 0 spiro atoms. The Morgan fingerprint density at radius 1 is 1.21 bits per heavy atom. The average molecular weight is 383 g/mol. The van der Waals surface area contributed by atoms with Crippen molar-refractivity contribution >= 4 is 33.0 Å². The highest BCUT2D eigenvalue weighted by atomic mass is 35.5. The van der Waals surface area contributed by atoms with E-state index in [4.69, 9.17) is 16.1 Å². The summed E-state index contributed by atoms with van der Waals surface area (Å²) in [6.07, 6.45) is 0. The predicted octanol–water partition coefficient (Wildman–Crippen LogP) is 4.15. The number of benzene rings is 1. The molecular weight excluding hydrogens is 368 g/mol. The molecule has 8 heteroatoms. The number of thiophene rings is 1. The van der Waals surface area contributed by atoms with Crippen LogP contribution in [-0.2, 0) is 16.6 Å². The molecule has 24 heavy (non-hydrogen) atoms. The molecule has 0 saturated carbocycles. The Morgan fingerprint density at radius 2 is 1.92 bits per heavy atom. The smallest absolute Gasteiger partial charge is 0.241 e. The highest BCUT2D eigenvalue weighted by Gasteiger charge is 2.21. The fourth-order valence-electron chi connectivity index (χ4n) is 2.19. The van der Waals surface area contributed by atoms with E-state index in [1.807, 2.05) is 6.92 Å². The maximum atomic E-state index is 12.6. The topological polar surface area (TPSA) is 72.2 Å². The van der Waals surface area contributed by atoms with Gasteiger partial charge in [0, 0.05) is 22.5 Å². The molecule has 126 valence electrons. The van der Waals surface area contributed by atoms with Gasteiger partial charge in [0.15, 0.2) is 5.76 Å². The third kappa shape index (κ3) is 3.70. The van der Waals surface area contributed by atoms with Gasteiger partial charge in [-0.15, -0.1) is 11.3 Å². The maximum absolute atomic E-state index is 12.6. The molecule has 0 aliphatic heterocycles. The minimum atomic E-state index is -3.61. The molecule has 0 aliphatic rings. The second-order valence-electron chi connectivity index (χ2n) is 5.31. The van der Waals surface area contributed by atoms with Gasteiger partial charge in [-0.2, -0.15) is 0 Å². The normalized spacial score (nSPS) is 11.8. The lowest BCUT2D eigenvalue weighted by atomic mass is 10.2. The monoisotopic (exact) mass is 382 g/mol. The third-order valence-corrected chi connectivity index (χ3v) is 6.39. The molecule has 3 rings (SSSR count). The van der Waals surface area contributed by atoms with Gasteiger partial charge in [-0.05, 0) is 37.6 Å². The summed E-state index contributed by atoms with van der Waals surface area (Å²) >= 11 is 7.19. The third-order valence-electron chi connectivity index (χ3n) is 3.41. The zero-order chi connectivity index (χ0) is 17.3. The minimum absolute atomic E-state index is 0.200. The Hall–Kier alpha value is -1.67. The van der Waals surface area contributed by atoms with Crippen LogP contribution in [-0.4, -0.2) is 13.6 Å². The molecule has 3 aromatic rings. The van der Waals surface area contributed by atoms with Crippen molar-refractivity contribution in [1.29, 1.82) is 0 Å². The van der Waals surface area contributed by atoms with Crippen molar-refractivity contribution in [1.82, 2.24) is 9.88 Å². The number of halogens is 1. The van der Waals surface area contributed by atoms with Gasteiger partial charge in [0.05, 0.1) is 15.5 Å². The SMILES string of the molecule is Cc1cc(-c2cc(S(=O)(=O)NCc3ccc(Cl)cc3)c(C)s2)on1. The lowest BCUT2D eigenvalue weighted by Gasteiger charge is -2.06. The first-order valence-electron chi connectivity index (χ1n) is 7.13.